The number of benzene rings is 1. The van der Waals surface area contributed by atoms with Gasteiger partial charge in [0.05, 0.1) is 17.9 Å². The average molecular weight is 407 g/mol. The van der Waals surface area contributed by atoms with Gasteiger partial charge in [-0.2, -0.15) is 4.31 Å². The van der Waals surface area contributed by atoms with Crippen LogP contribution in [0.5, 0.6) is 5.75 Å². The Labute approximate surface area is 164 Å². The molecule has 2 aromatic rings. The number of hydrogen-bond acceptors (Lipinski definition) is 6. The predicted molar refractivity (Wildman–Crippen MR) is 105 cm³/mol. The summed E-state index contributed by atoms with van der Waals surface area (Å²) in [5, 5.41) is 0.615. The van der Waals surface area contributed by atoms with E-state index in [1.807, 2.05) is 0 Å². The minimum Gasteiger partial charge on any atom is -0.497 e. The third kappa shape index (κ3) is 4.88. The molecule has 1 aromatic carbocycles. The molecule has 3 rings (SSSR count). The molecule has 2 heterocycles. The Kier molecular flexibility index (Phi) is 6.51. The van der Waals surface area contributed by atoms with Crippen molar-refractivity contribution in [1.29, 1.82) is 0 Å². The van der Waals surface area contributed by atoms with E-state index < -0.39 is 10.0 Å². The van der Waals surface area contributed by atoms with Crippen molar-refractivity contribution in [2.45, 2.75) is 29.2 Å². The van der Waals surface area contributed by atoms with Crippen LogP contribution in [0.25, 0.3) is 0 Å². The fourth-order valence-electron chi connectivity index (χ4n) is 2.88. The first-order chi connectivity index (χ1) is 13.0. The maximum atomic E-state index is 12.6. The first-order valence-electron chi connectivity index (χ1n) is 8.77. The van der Waals surface area contributed by atoms with E-state index >= 15 is 0 Å². The highest BCUT2D eigenvalue weighted by Gasteiger charge is 2.26. The van der Waals surface area contributed by atoms with Crippen molar-refractivity contribution >= 4 is 27.6 Å². The minimum atomic E-state index is -3.48. The van der Waals surface area contributed by atoms with Gasteiger partial charge in [0.1, 0.15) is 10.6 Å². The largest absolute Gasteiger partial charge is 0.497 e. The lowest BCUT2D eigenvalue weighted by Crippen LogP contribution is -2.35. The van der Waals surface area contributed by atoms with Crippen LogP contribution in [0.1, 0.15) is 29.6 Å². The number of carbonyl (C=O) groups is 1. The average Bonchev–Trinajstić information content (AvgIpc) is 2.73. The second kappa shape index (κ2) is 8.86. The van der Waals surface area contributed by atoms with E-state index in [0.717, 1.165) is 19.3 Å². The monoisotopic (exact) mass is 406 g/mol. The molecule has 0 unspecified atom stereocenters. The lowest BCUT2D eigenvalue weighted by molar-refractivity contribution is 0.102. The number of ketones is 1. The fourth-order valence-corrected chi connectivity index (χ4v) is 5.08. The third-order valence-electron chi connectivity index (χ3n) is 4.40. The molecule has 144 valence electrons. The maximum Gasteiger partial charge on any atom is 0.244 e. The van der Waals surface area contributed by atoms with E-state index in [1.54, 1.807) is 43.5 Å². The number of Topliss-reactive ketones (excluding diaryl/α,β-unsaturated/α-hetero) is 1. The normalized spacial score (nSPS) is 15.4. The van der Waals surface area contributed by atoms with Crippen LogP contribution in [0.15, 0.2) is 52.5 Å². The summed E-state index contributed by atoms with van der Waals surface area (Å²) in [5.74, 6) is 0.820. The number of methoxy groups -OCH3 is 1. The maximum absolute atomic E-state index is 12.6. The summed E-state index contributed by atoms with van der Waals surface area (Å²) in [6.45, 7) is 1.13. The predicted octanol–water partition coefficient (Wildman–Crippen LogP) is 3.24. The molecule has 0 N–H and O–H groups in total. The van der Waals surface area contributed by atoms with Gasteiger partial charge in [-0.1, -0.05) is 30.3 Å². The Morgan fingerprint density at radius 1 is 1.19 bits per heavy atom. The van der Waals surface area contributed by atoms with Crippen molar-refractivity contribution in [2.75, 3.05) is 26.0 Å². The highest BCUT2D eigenvalue weighted by Crippen LogP contribution is 2.23. The second-order valence-corrected chi connectivity index (χ2v) is 9.17. The van der Waals surface area contributed by atoms with Crippen LogP contribution in [0.4, 0.5) is 0 Å². The Morgan fingerprint density at radius 3 is 2.63 bits per heavy atom. The number of aromatic nitrogens is 1. The molecule has 8 heteroatoms. The van der Waals surface area contributed by atoms with Gasteiger partial charge in [-0.25, -0.2) is 13.4 Å². The molecule has 1 aliphatic rings. The summed E-state index contributed by atoms with van der Waals surface area (Å²) in [6.07, 6.45) is 4.24. The number of carbonyl (C=O) groups excluding carboxylic acids is 1. The molecule has 0 spiro atoms. The quantitative estimate of drug-likeness (QED) is 0.519. The van der Waals surface area contributed by atoms with Gasteiger partial charge < -0.3 is 4.74 Å². The van der Waals surface area contributed by atoms with E-state index in [4.69, 9.17) is 4.74 Å². The lowest BCUT2D eigenvalue weighted by Gasteiger charge is -2.25. The van der Waals surface area contributed by atoms with E-state index in [9.17, 15) is 13.2 Å². The smallest absolute Gasteiger partial charge is 0.244 e. The van der Waals surface area contributed by atoms with Gasteiger partial charge in [-0.15, -0.1) is 0 Å². The van der Waals surface area contributed by atoms with Gasteiger partial charge in [-0.3, -0.25) is 4.79 Å². The molecular formula is C19H22N2O4S2. The Balaban J connectivity index is 1.62. The number of thioether (sulfide) groups is 1. The fraction of sp³-hybridized carbons (Fsp3) is 0.368. The zero-order valence-electron chi connectivity index (χ0n) is 15.1. The van der Waals surface area contributed by atoms with E-state index in [0.29, 0.717) is 29.4 Å². The summed E-state index contributed by atoms with van der Waals surface area (Å²) >= 11 is 1.28. The third-order valence-corrected chi connectivity index (χ3v) is 7.23. The molecule has 0 bridgehead atoms. The van der Waals surface area contributed by atoms with Crippen molar-refractivity contribution in [3.8, 4) is 5.75 Å². The van der Waals surface area contributed by atoms with Crippen molar-refractivity contribution in [1.82, 2.24) is 9.29 Å². The topological polar surface area (TPSA) is 76.6 Å². The summed E-state index contributed by atoms with van der Waals surface area (Å²) in [6, 6.07) is 10.2. The Morgan fingerprint density at radius 2 is 1.96 bits per heavy atom. The molecule has 1 aromatic heterocycles. The van der Waals surface area contributed by atoms with E-state index in [-0.39, 0.29) is 16.4 Å². The van der Waals surface area contributed by atoms with Crippen LogP contribution >= 0.6 is 11.8 Å². The minimum absolute atomic E-state index is 0.0364. The van der Waals surface area contributed by atoms with Gasteiger partial charge in [-0.05, 0) is 37.1 Å². The van der Waals surface area contributed by atoms with Gasteiger partial charge in [0.25, 0.3) is 0 Å². The summed E-state index contributed by atoms with van der Waals surface area (Å²) < 4.78 is 31.9. The molecule has 0 saturated carbocycles. The molecule has 0 amide bonds. The van der Waals surface area contributed by atoms with Gasteiger partial charge in [0.2, 0.25) is 10.0 Å². The molecular weight excluding hydrogens is 384 g/mol. The molecule has 27 heavy (non-hydrogen) atoms. The van der Waals surface area contributed by atoms with Crippen LogP contribution in [-0.2, 0) is 10.0 Å². The first-order valence-corrected chi connectivity index (χ1v) is 11.2. The van der Waals surface area contributed by atoms with Crippen LogP contribution in [0.3, 0.4) is 0 Å². The SMILES string of the molecule is COc1cccc(C(=O)CSc2ccc(S(=O)(=O)N3CCCCC3)cn2)c1. The zero-order valence-corrected chi connectivity index (χ0v) is 16.8. The summed E-state index contributed by atoms with van der Waals surface area (Å²) in [5.41, 5.74) is 0.575. The molecule has 1 fully saturated rings. The summed E-state index contributed by atoms with van der Waals surface area (Å²) in [7, 11) is -1.92. The molecule has 0 radical (unpaired) electrons. The number of ether oxygens (including phenoxy) is 1. The van der Waals surface area contributed by atoms with Crippen molar-refractivity contribution in [3.63, 3.8) is 0 Å². The van der Waals surface area contributed by atoms with E-state index in [2.05, 4.69) is 4.98 Å². The van der Waals surface area contributed by atoms with Crippen LogP contribution in [-0.4, -0.2) is 49.4 Å². The zero-order chi connectivity index (χ0) is 19.3. The number of nitrogens with zero attached hydrogens (tertiary/aromatic N) is 2. The molecule has 0 aliphatic carbocycles. The Hall–Kier alpha value is -1.90. The highest BCUT2D eigenvalue weighted by molar-refractivity contribution is 7.99. The van der Waals surface area contributed by atoms with Crippen LogP contribution in [0.2, 0.25) is 0 Å². The molecule has 1 saturated heterocycles. The summed E-state index contributed by atoms with van der Waals surface area (Å²) in [4.78, 5) is 16.7. The number of piperidine rings is 1. The van der Waals surface area contributed by atoms with Crippen LogP contribution < -0.4 is 4.74 Å². The van der Waals surface area contributed by atoms with E-state index in [1.165, 1.54) is 22.3 Å². The van der Waals surface area contributed by atoms with Gasteiger partial charge in [0, 0.05) is 24.8 Å². The Bertz CT molecular complexity index is 892. The van der Waals surface area contributed by atoms with Crippen LogP contribution in [0, 0.1) is 0 Å². The van der Waals surface area contributed by atoms with Gasteiger partial charge >= 0.3 is 0 Å². The number of hydrogen-bond donors (Lipinski definition) is 0. The van der Waals surface area contributed by atoms with Crippen molar-refractivity contribution in [2.24, 2.45) is 0 Å². The van der Waals surface area contributed by atoms with Crippen molar-refractivity contribution in [3.05, 3.63) is 48.2 Å². The molecule has 0 atom stereocenters. The van der Waals surface area contributed by atoms with Gasteiger partial charge in [0.15, 0.2) is 5.78 Å². The standard InChI is InChI=1S/C19H22N2O4S2/c1-25-16-7-5-6-15(12-16)18(22)14-26-19-9-8-17(13-20-19)27(23,24)21-10-3-2-4-11-21/h5-9,12-13H,2-4,10-11,14H2,1H3. The first kappa shape index (κ1) is 19.9. The molecule has 1 aliphatic heterocycles. The molecule has 6 nitrogen and oxygen atoms in total. The number of sulfonamides is 1. The number of pyridine rings is 1. The van der Waals surface area contributed by atoms with Crippen molar-refractivity contribution < 1.29 is 17.9 Å². The second-order valence-electron chi connectivity index (χ2n) is 6.24. The number of rotatable bonds is 7. The lowest BCUT2D eigenvalue weighted by atomic mass is 10.1. The highest BCUT2D eigenvalue weighted by atomic mass is 32.2.